The van der Waals surface area contributed by atoms with Crippen molar-refractivity contribution in [3.8, 4) is 11.5 Å². The van der Waals surface area contributed by atoms with Crippen LogP contribution >= 0.6 is 11.6 Å². The Morgan fingerprint density at radius 1 is 1.09 bits per heavy atom. The monoisotopic (exact) mass is 480 g/mol. The Morgan fingerprint density at radius 3 is 2.34 bits per heavy atom. The minimum atomic E-state index is -3.69. The van der Waals surface area contributed by atoms with Crippen LogP contribution in [0, 0.1) is 5.92 Å². The van der Waals surface area contributed by atoms with Gasteiger partial charge >= 0.3 is 0 Å². The topological polar surface area (TPSA) is 76.2 Å². The summed E-state index contributed by atoms with van der Waals surface area (Å²) in [5.74, 6) is 0.613. The highest BCUT2D eigenvalue weighted by Gasteiger charge is 2.34. The largest absolute Gasteiger partial charge is 0.493 e. The van der Waals surface area contributed by atoms with Crippen LogP contribution in [0.25, 0.3) is 0 Å². The van der Waals surface area contributed by atoms with Gasteiger partial charge in [-0.3, -0.25) is 4.79 Å². The lowest BCUT2D eigenvalue weighted by molar-refractivity contribution is -0.137. The number of piperidine rings is 1. The number of methoxy groups -OCH3 is 2. The molecule has 1 amide bonds. The first kappa shape index (κ1) is 24.4. The molecule has 2 aromatic carbocycles. The fraction of sp³-hybridized carbons (Fsp3) is 0.435. The van der Waals surface area contributed by atoms with Gasteiger partial charge in [-0.15, -0.1) is 0 Å². The molecule has 1 atom stereocenters. The molecule has 0 N–H and O–H groups in total. The average Bonchev–Trinajstić information content (AvgIpc) is 2.82. The Bertz CT molecular complexity index is 1070. The van der Waals surface area contributed by atoms with Crippen LogP contribution in [0.2, 0.25) is 5.02 Å². The zero-order valence-corrected chi connectivity index (χ0v) is 20.3. The molecule has 1 heterocycles. The number of carbonyl (C=O) groups is 1. The van der Waals surface area contributed by atoms with Gasteiger partial charge in [0.2, 0.25) is 15.9 Å². The van der Waals surface area contributed by atoms with E-state index >= 15 is 0 Å². The Morgan fingerprint density at radius 2 is 1.75 bits per heavy atom. The molecule has 2 aromatic rings. The van der Waals surface area contributed by atoms with E-state index in [0.29, 0.717) is 29.4 Å². The van der Waals surface area contributed by atoms with Gasteiger partial charge in [0.25, 0.3) is 0 Å². The number of amides is 1. The molecule has 1 saturated heterocycles. The number of sulfonamides is 1. The molecule has 0 bridgehead atoms. The normalized spacial score (nSPS) is 16.4. The number of hydrogen-bond donors (Lipinski definition) is 0. The number of halogens is 1. The first-order valence-corrected chi connectivity index (χ1v) is 12.2. The summed E-state index contributed by atoms with van der Waals surface area (Å²) in [7, 11) is 1.05. The number of benzene rings is 2. The van der Waals surface area contributed by atoms with Crippen molar-refractivity contribution >= 4 is 27.5 Å². The van der Waals surface area contributed by atoms with E-state index in [1.165, 1.54) is 30.7 Å². The quantitative estimate of drug-likeness (QED) is 0.599. The SMILES string of the molecule is COc1ccc(S(=O)(=O)N2CCC(C(=O)N(C)C(C)c3cccc(Cl)c3)CC2)cc1OC. The molecule has 7 nitrogen and oxygen atoms in total. The third-order valence-electron chi connectivity index (χ3n) is 6.06. The van der Waals surface area contributed by atoms with Gasteiger partial charge in [0.15, 0.2) is 11.5 Å². The molecule has 1 aliphatic heterocycles. The molecule has 3 rings (SSSR count). The van der Waals surface area contributed by atoms with Crippen LogP contribution in [0.1, 0.15) is 31.4 Å². The van der Waals surface area contributed by atoms with Gasteiger partial charge in [0.1, 0.15) is 0 Å². The zero-order chi connectivity index (χ0) is 23.5. The standard InChI is InChI=1S/C23H29ClN2O5S/c1-16(18-6-5-7-19(24)14-18)25(2)23(27)17-10-12-26(13-11-17)32(28,29)20-8-9-21(30-3)22(15-20)31-4/h5-9,14-17H,10-13H2,1-4H3. The van der Waals surface area contributed by atoms with E-state index in [-0.39, 0.29) is 35.9 Å². The van der Waals surface area contributed by atoms with Crippen molar-refractivity contribution in [2.24, 2.45) is 5.92 Å². The molecule has 1 fully saturated rings. The van der Waals surface area contributed by atoms with E-state index in [1.54, 1.807) is 24.1 Å². The predicted molar refractivity (Wildman–Crippen MR) is 124 cm³/mol. The van der Waals surface area contributed by atoms with Crippen molar-refractivity contribution in [2.75, 3.05) is 34.4 Å². The second-order valence-corrected chi connectivity index (χ2v) is 10.2. The Labute approximate surface area is 194 Å². The Hall–Kier alpha value is -2.29. The summed E-state index contributed by atoms with van der Waals surface area (Å²) < 4.78 is 38.1. The molecule has 0 aromatic heterocycles. The highest BCUT2D eigenvalue weighted by atomic mass is 35.5. The highest BCUT2D eigenvalue weighted by molar-refractivity contribution is 7.89. The van der Waals surface area contributed by atoms with Crippen LogP contribution in [0.4, 0.5) is 0 Å². The molecule has 0 spiro atoms. The minimum absolute atomic E-state index is 0.0145. The van der Waals surface area contributed by atoms with Crippen LogP contribution in [0.5, 0.6) is 11.5 Å². The predicted octanol–water partition coefficient (Wildman–Crippen LogP) is 3.98. The second-order valence-electron chi connectivity index (χ2n) is 7.88. The number of nitrogens with zero attached hydrogens (tertiary/aromatic N) is 2. The third-order valence-corrected chi connectivity index (χ3v) is 8.19. The molecule has 0 radical (unpaired) electrons. The third kappa shape index (κ3) is 5.03. The molecule has 1 unspecified atom stereocenters. The number of rotatable bonds is 7. The van der Waals surface area contributed by atoms with E-state index in [4.69, 9.17) is 21.1 Å². The molecule has 1 aliphatic rings. The smallest absolute Gasteiger partial charge is 0.243 e. The first-order valence-electron chi connectivity index (χ1n) is 10.4. The summed E-state index contributed by atoms with van der Waals surface area (Å²) in [6.07, 6.45) is 0.940. The molecule has 32 heavy (non-hydrogen) atoms. The van der Waals surface area contributed by atoms with Gasteiger partial charge < -0.3 is 14.4 Å². The van der Waals surface area contributed by atoms with Gasteiger partial charge in [-0.1, -0.05) is 23.7 Å². The van der Waals surface area contributed by atoms with E-state index in [0.717, 1.165) is 5.56 Å². The summed E-state index contributed by atoms with van der Waals surface area (Å²) in [6.45, 7) is 2.53. The fourth-order valence-electron chi connectivity index (χ4n) is 3.94. The van der Waals surface area contributed by atoms with Gasteiger partial charge in [-0.25, -0.2) is 8.42 Å². The summed E-state index contributed by atoms with van der Waals surface area (Å²) in [6, 6.07) is 11.9. The van der Waals surface area contributed by atoms with Crippen LogP contribution < -0.4 is 9.47 Å². The molecule has 0 aliphatic carbocycles. The first-order chi connectivity index (χ1) is 15.2. The van der Waals surface area contributed by atoms with Crippen LogP contribution in [-0.4, -0.2) is 57.9 Å². The number of ether oxygens (including phenoxy) is 2. The van der Waals surface area contributed by atoms with Crippen molar-refractivity contribution in [1.82, 2.24) is 9.21 Å². The van der Waals surface area contributed by atoms with Crippen molar-refractivity contribution in [2.45, 2.75) is 30.7 Å². The summed E-state index contributed by atoms with van der Waals surface area (Å²) in [5.41, 5.74) is 0.960. The summed E-state index contributed by atoms with van der Waals surface area (Å²) >= 11 is 6.09. The summed E-state index contributed by atoms with van der Waals surface area (Å²) in [5, 5.41) is 0.629. The summed E-state index contributed by atoms with van der Waals surface area (Å²) in [4.78, 5) is 14.9. The van der Waals surface area contributed by atoms with E-state index in [2.05, 4.69) is 0 Å². The lowest BCUT2D eigenvalue weighted by Gasteiger charge is -2.34. The average molecular weight is 481 g/mol. The van der Waals surface area contributed by atoms with Crippen molar-refractivity contribution in [3.05, 3.63) is 53.1 Å². The molecule has 174 valence electrons. The zero-order valence-electron chi connectivity index (χ0n) is 18.7. The lowest BCUT2D eigenvalue weighted by Crippen LogP contribution is -2.43. The highest BCUT2D eigenvalue weighted by Crippen LogP contribution is 2.33. The van der Waals surface area contributed by atoms with E-state index in [1.807, 2.05) is 25.1 Å². The molecule has 9 heteroatoms. The minimum Gasteiger partial charge on any atom is -0.493 e. The maximum atomic E-state index is 13.1. The van der Waals surface area contributed by atoms with Crippen LogP contribution in [0.3, 0.4) is 0 Å². The van der Waals surface area contributed by atoms with E-state index < -0.39 is 10.0 Å². The fourth-order valence-corrected chi connectivity index (χ4v) is 5.62. The lowest BCUT2D eigenvalue weighted by atomic mass is 9.95. The van der Waals surface area contributed by atoms with Crippen molar-refractivity contribution in [1.29, 1.82) is 0 Å². The van der Waals surface area contributed by atoms with Crippen molar-refractivity contribution in [3.63, 3.8) is 0 Å². The molecule has 0 saturated carbocycles. The van der Waals surface area contributed by atoms with Gasteiger partial charge in [0, 0.05) is 37.1 Å². The molecular weight excluding hydrogens is 452 g/mol. The van der Waals surface area contributed by atoms with E-state index in [9.17, 15) is 13.2 Å². The Balaban J connectivity index is 1.67. The second kappa shape index (κ2) is 10.1. The maximum Gasteiger partial charge on any atom is 0.243 e. The number of hydrogen-bond acceptors (Lipinski definition) is 5. The van der Waals surface area contributed by atoms with Crippen LogP contribution in [-0.2, 0) is 14.8 Å². The van der Waals surface area contributed by atoms with Gasteiger partial charge in [-0.05, 0) is 49.6 Å². The maximum absolute atomic E-state index is 13.1. The van der Waals surface area contributed by atoms with Gasteiger partial charge in [0.05, 0.1) is 25.2 Å². The molecular formula is C23H29ClN2O5S. The Kier molecular flexibility index (Phi) is 7.69. The van der Waals surface area contributed by atoms with Crippen molar-refractivity contribution < 1.29 is 22.7 Å². The van der Waals surface area contributed by atoms with Gasteiger partial charge in [-0.2, -0.15) is 4.31 Å². The number of carbonyl (C=O) groups excluding carboxylic acids is 1. The van der Waals surface area contributed by atoms with Crippen LogP contribution in [0.15, 0.2) is 47.4 Å².